The molecule has 1 saturated heterocycles. The van der Waals surface area contributed by atoms with E-state index in [1.54, 1.807) is 53.7 Å². The molecule has 4 rings (SSSR count). The van der Waals surface area contributed by atoms with Crippen molar-refractivity contribution in [2.75, 3.05) is 26.2 Å². The summed E-state index contributed by atoms with van der Waals surface area (Å²) < 4.78 is 32.2. The van der Waals surface area contributed by atoms with Crippen molar-refractivity contribution in [2.24, 2.45) is 0 Å². The second-order valence-corrected chi connectivity index (χ2v) is 8.75. The van der Waals surface area contributed by atoms with Crippen molar-refractivity contribution in [3.05, 3.63) is 65.6 Å². The summed E-state index contributed by atoms with van der Waals surface area (Å²) >= 11 is 6.05. The molecular weight excluding hydrogens is 416 g/mol. The largest absolute Gasteiger partial charge is 0.355 e. The molecule has 0 unspecified atom stereocenters. The Hall–Kier alpha value is -2.75. The molecule has 0 radical (unpaired) electrons. The van der Waals surface area contributed by atoms with Gasteiger partial charge in [-0.25, -0.2) is 8.42 Å². The lowest BCUT2D eigenvalue weighted by molar-refractivity contribution is 0.0687. The van der Waals surface area contributed by atoms with Gasteiger partial charge in [0.05, 0.1) is 5.02 Å². The fraction of sp³-hybridized carbons (Fsp3) is 0.211. The zero-order valence-electron chi connectivity index (χ0n) is 15.2. The van der Waals surface area contributed by atoms with E-state index in [0.717, 1.165) is 5.56 Å². The number of hydrogen-bond acceptors (Lipinski definition) is 6. The molecule has 29 heavy (non-hydrogen) atoms. The Balaban J connectivity index is 1.44. The van der Waals surface area contributed by atoms with Gasteiger partial charge in [-0.1, -0.05) is 28.9 Å². The predicted octanol–water partition coefficient (Wildman–Crippen LogP) is 2.54. The van der Waals surface area contributed by atoms with Crippen molar-refractivity contribution < 1.29 is 17.7 Å². The first-order valence-corrected chi connectivity index (χ1v) is 10.7. The molecule has 1 aliphatic heterocycles. The lowest BCUT2D eigenvalue weighted by atomic mass is 10.2. The van der Waals surface area contributed by atoms with Gasteiger partial charge in [-0.15, -0.1) is 0 Å². The van der Waals surface area contributed by atoms with Gasteiger partial charge in [0.25, 0.3) is 5.91 Å². The Morgan fingerprint density at radius 1 is 1.03 bits per heavy atom. The molecule has 0 N–H and O–H groups in total. The number of rotatable bonds is 4. The summed E-state index contributed by atoms with van der Waals surface area (Å²) in [6, 6.07) is 11.4. The third-order valence-electron chi connectivity index (χ3n) is 4.67. The molecule has 8 nitrogen and oxygen atoms in total. The van der Waals surface area contributed by atoms with Crippen LogP contribution in [-0.4, -0.2) is 59.8 Å². The number of carbonyl (C=O) groups excluding carboxylic acids is 1. The Labute approximate surface area is 172 Å². The number of piperazine rings is 1. The first kappa shape index (κ1) is 19.6. The van der Waals surface area contributed by atoms with E-state index in [1.165, 1.54) is 10.4 Å². The summed E-state index contributed by atoms with van der Waals surface area (Å²) in [5.41, 5.74) is 0.946. The van der Waals surface area contributed by atoms with Gasteiger partial charge >= 0.3 is 0 Å². The molecule has 0 spiro atoms. The Morgan fingerprint density at radius 2 is 1.72 bits per heavy atom. The summed E-state index contributed by atoms with van der Waals surface area (Å²) in [7, 11) is -3.72. The standard InChI is InChI=1S/C19H17ClN4O4S/c20-15-3-1-2-4-18(15)29(26,27)24-11-9-23(10-12-24)19(25)16-13-17(28-22-16)14-5-7-21-8-6-14/h1-8,13H,9-12H2. The topological polar surface area (TPSA) is 96.6 Å². The minimum Gasteiger partial charge on any atom is -0.355 e. The number of nitrogens with zero attached hydrogens (tertiary/aromatic N) is 4. The smallest absolute Gasteiger partial charge is 0.276 e. The molecule has 0 aliphatic carbocycles. The molecule has 0 saturated carbocycles. The van der Waals surface area contributed by atoms with Crippen LogP contribution in [-0.2, 0) is 10.0 Å². The van der Waals surface area contributed by atoms with Gasteiger partial charge in [0.15, 0.2) is 11.5 Å². The third kappa shape index (κ3) is 3.89. The summed E-state index contributed by atoms with van der Waals surface area (Å²) in [4.78, 5) is 18.3. The summed E-state index contributed by atoms with van der Waals surface area (Å²) in [5, 5.41) is 4.04. The minimum atomic E-state index is -3.72. The van der Waals surface area contributed by atoms with Crippen LogP contribution in [0.25, 0.3) is 11.3 Å². The molecular formula is C19H17ClN4O4S. The normalized spacial score (nSPS) is 15.4. The van der Waals surface area contributed by atoms with Crippen LogP contribution in [0, 0.1) is 0 Å². The van der Waals surface area contributed by atoms with Gasteiger partial charge in [0, 0.05) is 50.2 Å². The highest BCUT2D eigenvalue weighted by molar-refractivity contribution is 7.89. The highest BCUT2D eigenvalue weighted by atomic mass is 35.5. The van der Waals surface area contributed by atoms with Crippen molar-refractivity contribution in [1.82, 2.24) is 19.3 Å². The SMILES string of the molecule is O=C(c1cc(-c2ccncc2)on1)N1CCN(S(=O)(=O)c2ccccc2Cl)CC1. The number of hydrogen-bond donors (Lipinski definition) is 0. The molecule has 10 heteroatoms. The molecule has 3 aromatic rings. The quantitative estimate of drug-likeness (QED) is 0.628. The van der Waals surface area contributed by atoms with Crippen molar-refractivity contribution in [3.8, 4) is 11.3 Å². The highest BCUT2D eigenvalue weighted by Gasteiger charge is 2.32. The number of amides is 1. The second kappa shape index (κ2) is 7.94. The molecule has 0 bridgehead atoms. The lowest BCUT2D eigenvalue weighted by Crippen LogP contribution is -2.50. The molecule has 0 atom stereocenters. The van der Waals surface area contributed by atoms with Crippen molar-refractivity contribution in [1.29, 1.82) is 0 Å². The maximum atomic E-state index is 12.8. The monoisotopic (exact) mass is 432 g/mol. The first-order valence-electron chi connectivity index (χ1n) is 8.88. The van der Waals surface area contributed by atoms with Crippen LogP contribution in [0.4, 0.5) is 0 Å². The van der Waals surface area contributed by atoms with Crippen LogP contribution < -0.4 is 0 Å². The van der Waals surface area contributed by atoms with Crippen LogP contribution in [0.2, 0.25) is 5.02 Å². The number of aromatic nitrogens is 2. The number of benzene rings is 1. The minimum absolute atomic E-state index is 0.0694. The van der Waals surface area contributed by atoms with E-state index in [4.69, 9.17) is 16.1 Å². The van der Waals surface area contributed by atoms with Gasteiger partial charge in [0.2, 0.25) is 10.0 Å². The van der Waals surface area contributed by atoms with E-state index in [0.29, 0.717) is 5.76 Å². The summed E-state index contributed by atoms with van der Waals surface area (Å²) in [5.74, 6) is 0.166. The highest BCUT2D eigenvalue weighted by Crippen LogP contribution is 2.25. The number of pyridine rings is 1. The van der Waals surface area contributed by atoms with E-state index < -0.39 is 10.0 Å². The molecule has 1 aliphatic rings. The maximum absolute atomic E-state index is 12.8. The molecule has 1 amide bonds. The van der Waals surface area contributed by atoms with Crippen LogP contribution in [0.3, 0.4) is 0 Å². The maximum Gasteiger partial charge on any atom is 0.276 e. The van der Waals surface area contributed by atoms with Gasteiger partial charge in [0.1, 0.15) is 4.90 Å². The molecule has 1 aromatic carbocycles. The van der Waals surface area contributed by atoms with Crippen LogP contribution in [0.1, 0.15) is 10.5 Å². The summed E-state index contributed by atoms with van der Waals surface area (Å²) in [6.07, 6.45) is 3.25. The van der Waals surface area contributed by atoms with Gasteiger partial charge in [-0.05, 0) is 24.3 Å². The average molecular weight is 433 g/mol. The van der Waals surface area contributed by atoms with Gasteiger partial charge in [-0.3, -0.25) is 9.78 Å². The fourth-order valence-electron chi connectivity index (χ4n) is 3.11. The van der Waals surface area contributed by atoms with Crippen molar-refractivity contribution in [3.63, 3.8) is 0 Å². The van der Waals surface area contributed by atoms with E-state index in [1.807, 2.05) is 0 Å². The fourth-order valence-corrected chi connectivity index (χ4v) is 5.03. The Bertz CT molecular complexity index is 1130. The second-order valence-electron chi connectivity index (χ2n) is 6.44. The average Bonchev–Trinajstić information content (AvgIpc) is 3.24. The summed E-state index contributed by atoms with van der Waals surface area (Å²) in [6.45, 7) is 0.850. The zero-order chi connectivity index (χ0) is 20.4. The van der Waals surface area contributed by atoms with E-state index in [-0.39, 0.29) is 47.7 Å². The Kier molecular flexibility index (Phi) is 5.35. The van der Waals surface area contributed by atoms with E-state index in [9.17, 15) is 13.2 Å². The van der Waals surface area contributed by atoms with Crippen molar-refractivity contribution in [2.45, 2.75) is 4.90 Å². The van der Waals surface area contributed by atoms with Gasteiger partial charge < -0.3 is 9.42 Å². The predicted molar refractivity (Wildman–Crippen MR) is 106 cm³/mol. The number of halogens is 1. The van der Waals surface area contributed by atoms with Crippen LogP contribution in [0.5, 0.6) is 0 Å². The van der Waals surface area contributed by atoms with E-state index >= 15 is 0 Å². The Morgan fingerprint density at radius 3 is 2.41 bits per heavy atom. The number of sulfonamides is 1. The number of carbonyl (C=O) groups is 1. The van der Waals surface area contributed by atoms with Crippen LogP contribution in [0.15, 0.2) is 64.3 Å². The van der Waals surface area contributed by atoms with Crippen molar-refractivity contribution >= 4 is 27.5 Å². The lowest BCUT2D eigenvalue weighted by Gasteiger charge is -2.33. The first-order chi connectivity index (χ1) is 14.0. The third-order valence-corrected chi connectivity index (χ3v) is 7.07. The molecule has 3 heterocycles. The molecule has 1 fully saturated rings. The van der Waals surface area contributed by atoms with Gasteiger partial charge in [-0.2, -0.15) is 4.31 Å². The van der Waals surface area contributed by atoms with Crippen LogP contribution >= 0.6 is 11.6 Å². The zero-order valence-corrected chi connectivity index (χ0v) is 16.8. The molecule has 2 aromatic heterocycles. The van der Waals surface area contributed by atoms with E-state index in [2.05, 4.69) is 10.1 Å². The molecule has 150 valence electrons.